The van der Waals surface area contributed by atoms with Gasteiger partial charge < -0.3 is 56.9 Å². The highest BCUT2D eigenvalue weighted by Crippen LogP contribution is 2.50. The molecule has 0 aromatic carbocycles. The molecule has 3 aliphatic heterocycles. The maximum atomic E-state index is 13.2. The molecule has 7 unspecified atom stereocenters. The van der Waals surface area contributed by atoms with Crippen molar-refractivity contribution in [2.75, 3.05) is 30.6 Å². The minimum atomic E-state index is -5.08. The number of ether oxygens (including phenoxy) is 3. The number of nitrogens with two attached hydrogens (primary N) is 3. The number of imidazole rings is 2. The molecule has 0 aliphatic carbocycles. The summed E-state index contributed by atoms with van der Waals surface area (Å²) in [4.78, 5) is 40.2. The lowest BCUT2D eigenvalue weighted by Crippen LogP contribution is -2.37. The van der Waals surface area contributed by atoms with Crippen molar-refractivity contribution in [3.8, 4) is 0 Å². The van der Waals surface area contributed by atoms with E-state index < -0.39 is 90.7 Å². The molecule has 2 fully saturated rings. The molecule has 0 spiro atoms. The number of nitrogen functional groups attached to an aromatic ring is 1. The molecule has 6 rings (SSSR count). The second kappa shape index (κ2) is 12.7. The van der Waals surface area contributed by atoms with Crippen molar-refractivity contribution in [3.05, 3.63) is 24.7 Å². The zero-order chi connectivity index (χ0) is 32.9. The van der Waals surface area contributed by atoms with Crippen LogP contribution in [0.3, 0.4) is 0 Å². The van der Waals surface area contributed by atoms with Crippen molar-refractivity contribution in [2.45, 2.75) is 55.2 Å². The largest absolute Gasteiger partial charge is 0.534 e. The molecule has 3 aliphatic rings. The van der Waals surface area contributed by atoms with E-state index in [-0.39, 0.29) is 34.5 Å². The highest BCUT2D eigenvalue weighted by atomic mass is 31.2. The number of nitrogens with zero attached hydrogens (tertiary/aromatic N) is 7. The third-order valence-electron chi connectivity index (χ3n) is 7.40. The SMILES string of the molecule is NC1=NC(N)c2ncn([C@@H]3O[C@H](COP(=O)(O)OC4C(O)[C@@H](CO)O[C@H]4n4cnc5c(N)ncnc54)C(O)C3OC[P+](=O)O)c2N1. The normalized spacial score (nSPS) is 32.6. The Hall–Kier alpha value is -3.28. The number of anilines is 2. The molecule has 11 atom stereocenters. The highest BCUT2D eigenvalue weighted by Gasteiger charge is 2.51. The van der Waals surface area contributed by atoms with Crippen molar-refractivity contribution >= 4 is 44.6 Å². The van der Waals surface area contributed by atoms with Crippen molar-refractivity contribution in [3.63, 3.8) is 0 Å². The highest BCUT2D eigenvalue weighted by molar-refractivity contribution is 7.47. The van der Waals surface area contributed by atoms with E-state index in [1.54, 1.807) is 0 Å². The minimum Gasteiger partial charge on any atom is -0.394 e. The van der Waals surface area contributed by atoms with Crippen LogP contribution < -0.4 is 22.5 Å². The summed E-state index contributed by atoms with van der Waals surface area (Å²) >= 11 is 0. The maximum absolute atomic E-state index is 13.2. The molecule has 3 aromatic rings. The molecule has 0 saturated carbocycles. The second-order valence-corrected chi connectivity index (χ2v) is 12.7. The number of aliphatic hydroxyl groups excluding tert-OH is 3. The van der Waals surface area contributed by atoms with Gasteiger partial charge in [0, 0.05) is 0 Å². The Balaban J connectivity index is 1.19. The number of nitrogens with one attached hydrogen (secondary N) is 1. The van der Waals surface area contributed by atoms with E-state index in [0.717, 1.165) is 6.33 Å². The number of aliphatic hydroxyl groups is 3. The number of guanidine groups is 1. The number of rotatable bonds is 11. The van der Waals surface area contributed by atoms with Gasteiger partial charge in [0.05, 0.1) is 25.9 Å². The third-order valence-corrected chi connectivity index (χ3v) is 8.76. The first-order chi connectivity index (χ1) is 21.9. The zero-order valence-corrected chi connectivity index (χ0v) is 25.2. The van der Waals surface area contributed by atoms with E-state index in [9.17, 15) is 34.2 Å². The van der Waals surface area contributed by atoms with Crippen LogP contribution in [0, 0.1) is 0 Å². The Labute approximate surface area is 258 Å². The van der Waals surface area contributed by atoms with Crippen LogP contribution in [-0.2, 0) is 32.4 Å². The molecule has 0 amide bonds. The molecular weight excluding hydrogens is 660 g/mol. The summed E-state index contributed by atoms with van der Waals surface area (Å²) in [5.41, 5.74) is 18.2. The zero-order valence-electron chi connectivity index (χ0n) is 23.4. The van der Waals surface area contributed by atoms with Crippen molar-refractivity contribution in [1.29, 1.82) is 0 Å². The fourth-order valence-electron chi connectivity index (χ4n) is 5.30. The third kappa shape index (κ3) is 6.09. The summed E-state index contributed by atoms with van der Waals surface area (Å²) in [5.74, 6) is 0.257. The van der Waals surface area contributed by atoms with Gasteiger partial charge in [0.1, 0.15) is 66.1 Å². The summed E-state index contributed by atoms with van der Waals surface area (Å²) in [6.07, 6.45) is -9.13. The molecule has 23 nitrogen and oxygen atoms in total. The smallest absolute Gasteiger partial charge is 0.394 e. The van der Waals surface area contributed by atoms with E-state index in [0.29, 0.717) is 0 Å². The summed E-state index contributed by atoms with van der Waals surface area (Å²) in [7, 11) is -7.86. The fraction of sp³-hybridized carbons (Fsp3) is 0.571. The molecule has 6 heterocycles. The molecule has 0 bridgehead atoms. The van der Waals surface area contributed by atoms with E-state index in [1.807, 2.05) is 0 Å². The average molecular weight is 690 g/mol. The van der Waals surface area contributed by atoms with Gasteiger partial charge in [-0.2, -0.15) is 4.89 Å². The summed E-state index contributed by atoms with van der Waals surface area (Å²) in [6, 6.07) is 0. The van der Waals surface area contributed by atoms with Crippen LogP contribution >= 0.6 is 15.9 Å². The number of hydrogen-bond acceptors (Lipinski definition) is 19. The Morgan fingerprint density at radius 1 is 1.04 bits per heavy atom. The van der Waals surface area contributed by atoms with Gasteiger partial charge in [0.2, 0.25) is 0 Å². The molecule has 3 aromatic heterocycles. The van der Waals surface area contributed by atoms with Gasteiger partial charge >= 0.3 is 15.9 Å². The first-order valence-corrected chi connectivity index (χ1v) is 16.3. The van der Waals surface area contributed by atoms with E-state index in [1.165, 1.54) is 21.8 Å². The standard InChI is InChI=1S/C21H29N11O12P2/c22-15-9-17(26-3-25-15)31(4-27-9)20-14(11(34)7(1-33)42-20)44-46(38,39)41-2-8-12(35)13(40-6-45(36)37)19(43-8)32-5-28-10-16(23)29-21(24)30-18(10)32/h3-5,7-8,11-14,16,19-20,33-35H,1-2,6,23H2,(H6-,22,24,25,26,29,30,36,37,38,39)/p+1/t7-,8-,11?,12?,13?,14?,16?,19-,20-/m1/s1. The number of hydrogen-bond donors (Lipinski definition) is 9. The van der Waals surface area contributed by atoms with Gasteiger partial charge in [-0.25, -0.2) is 29.5 Å². The van der Waals surface area contributed by atoms with Crippen LogP contribution in [0.15, 0.2) is 24.0 Å². The van der Waals surface area contributed by atoms with Crippen LogP contribution in [0.5, 0.6) is 0 Å². The monoisotopic (exact) mass is 690 g/mol. The summed E-state index contributed by atoms with van der Waals surface area (Å²) in [6.45, 7) is -1.43. The molecule has 12 N–H and O–H groups in total. The van der Waals surface area contributed by atoms with Gasteiger partial charge in [-0.3, -0.25) is 18.2 Å². The Bertz CT molecular complexity index is 1690. The van der Waals surface area contributed by atoms with Crippen LogP contribution in [-0.4, -0.2) is 116 Å². The number of aliphatic imine (C=N–C) groups is 1. The molecule has 2 saturated heterocycles. The topological polar surface area (TPSA) is 345 Å². The molecule has 46 heavy (non-hydrogen) atoms. The first-order valence-electron chi connectivity index (χ1n) is 13.4. The fourth-order valence-corrected chi connectivity index (χ4v) is 6.53. The van der Waals surface area contributed by atoms with Crippen LogP contribution in [0.4, 0.5) is 11.6 Å². The molecular formula is C21H30N11O12P2+. The van der Waals surface area contributed by atoms with Gasteiger partial charge in [-0.1, -0.05) is 0 Å². The molecule has 25 heteroatoms. The Kier molecular flexibility index (Phi) is 9.04. The Morgan fingerprint density at radius 3 is 2.48 bits per heavy atom. The van der Waals surface area contributed by atoms with Gasteiger partial charge in [0.15, 0.2) is 29.9 Å². The van der Waals surface area contributed by atoms with Gasteiger partial charge in [-0.15, -0.1) is 0 Å². The van der Waals surface area contributed by atoms with E-state index in [4.69, 9.17) is 40.5 Å². The molecule has 250 valence electrons. The number of fused-ring (bicyclic) bond motifs is 2. The maximum Gasteiger partial charge on any atom is 0.534 e. The van der Waals surface area contributed by atoms with E-state index in [2.05, 4.69) is 30.2 Å². The van der Waals surface area contributed by atoms with Crippen LogP contribution in [0.1, 0.15) is 24.3 Å². The summed E-state index contributed by atoms with van der Waals surface area (Å²) < 4.78 is 54.8. The van der Waals surface area contributed by atoms with Gasteiger partial charge in [0.25, 0.3) is 6.35 Å². The molecule has 0 radical (unpaired) electrons. The second-order valence-electron chi connectivity index (χ2n) is 10.3. The lowest BCUT2D eigenvalue weighted by Gasteiger charge is -2.25. The van der Waals surface area contributed by atoms with Crippen molar-refractivity contribution in [1.82, 2.24) is 29.1 Å². The predicted octanol–water partition coefficient (Wildman–Crippen LogP) is -2.91. The minimum absolute atomic E-state index is 0.0334. The average Bonchev–Trinajstić information content (AvgIpc) is 3.76. The Morgan fingerprint density at radius 2 is 1.74 bits per heavy atom. The lowest BCUT2D eigenvalue weighted by molar-refractivity contribution is -0.0670. The number of phosphoric ester groups is 1. The van der Waals surface area contributed by atoms with Crippen molar-refractivity contribution in [2.24, 2.45) is 16.5 Å². The van der Waals surface area contributed by atoms with Crippen LogP contribution in [0.2, 0.25) is 0 Å². The van der Waals surface area contributed by atoms with Crippen molar-refractivity contribution < 1.29 is 57.5 Å². The van der Waals surface area contributed by atoms with Gasteiger partial charge in [-0.05, 0) is 4.57 Å². The number of phosphoric acid groups is 1. The predicted molar refractivity (Wildman–Crippen MR) is 151 cm³/mol. The van der Waals surface area contributed by atoms with Crippen LogP contribution in [0.25, 0.3) is 11.2 Å². The lowest BCUT2D eigenvalue weighted by atomic mass is 10.1. The number of aromatic nitrogens is 6. The summed E-state index contributed by atoms with van der Waals surface area (Å²) in [5, 5.41) is 34.3. The first kappa shape index (κ1) is 32.7. The quantitative estimate of drug-likeness (QED) is 0.0910. The van der Waals surface area contributed by atoms with E-state index >= 15 is 0 Å².